The van der Waals surface area contributed by atoms with Gasteiger partial charge >= 0.3 is 6.18 Å². The fourth-order valence-electron chi connectivity index (χ4n) is 2.35. The smallest absolute Gasteiger partial charge is 0.350 e. The van der Waals surface area contributed by atoms with Crippen LogP contribution < -0.4 is 5.32 Å². The molecule has 0 bridgehead atoms. The lowest BCUT2D eigenvalue weighted by atomic mass is 10.1. The molecule has 1 aromatic rings. The molecule has 0 aliphatic heterocycles. The first-order valence-electron chi connectivity index (χ1n) is 7.98. The molecule has 1 amide bonds. The van der Waals surface area contributed by atoms with Crippen molar-refractivity contribution in [1.29, 1.82) is 0 Å². The Kier molecular flexibility index (Phi) is 7.55. The zero-order valence-electron chi connectivity index (χ0n) is 13.9. The van der Waals surface area contributed by atoms with Crippen LogP contribution in [0.4, 0.5) is 13.2 Å². The van der Waals surface area contributed by atoms with Gasteiger partial charge in [-0.25, -0.2) is 0 Å². The van der Waals surface area contributed by atoms with Gasteiger partial charge in [-0.1, -0.05) is 13.8 Å². The van der Waals surface area contributed by atoms with Crippen LogP contribution in [0.15, 0.2) is 24.3 Å². The quantitative estimate of drug-likeness (QED) is 0.783. The fourth-order valence-corrected chi connectivity index (χ4v) is 2.35. The number of rotatable bonds is 8. The molecule has 1 atom stereocenters. The molecule has 0 radical (unpaired) electrons. The van der Waals surface area contributed by atoms with Crippen LogP contribution in [0.2, 0.25) is 0 Å². The summed E-state index contributed by atoms with van der Waals surface area (Å²) in [6.45, 7) is 9.11. The second-order valence-corrected chi connectivity index (χ2v) is 5.62. The number of nitrogens with zero attached hydrogens (tertiary/aromatic N) is 1. The average Bonchev–Trinajstić information content (AvgIpc) is 2.51. The molecule has 0 saturated heterocycles. The van der Waals surface area contributed by atoms with Gasteiger partial charge in [0, 0.05) is 11.6 Å². The number of halogens is 3. The summed E-state index contributed by atoms with van der Waals surface area (Å²) in [7, 11) is 0. The van der Waals surface area contributed by atoms with Crippen molar-refractivity contribution in [1.82, 2.24) is 10.2 Å². The van der Waals surface area contributed by atoms with E-state index in [4.69, 9.17) is 0 Å². The van der Waals surface area contributed by atoms with Crippen molar-refractivity contribution in [2.45, 2.75) is 45.8 Å². The molecule has 0 aliphatic carbocycles. The van der Waals surface area contributed by atoms with Gasteiger partial charge in [0.25, 0.3) is 5.91 Å². The van der Waals surface area contributed by atoms with Crippen LogP contribution in [-0.2, 0) is 6.18 Å². The molecule has 0 heterocycles. The van der Waals surface area contributed by atoms with Crippen LogP contribution in [0.5, 0.6) is 0 Å². The summed E-state index contributed by atoms with van der Waals surface area (Å²) in [6.07, 6.45) is -2.58. The number of alkyl halides is 3. The predicted molar refractivity (Wildman–Crippen MR) is 85.4 cm³/mol. The van der Waals surface area contributed by atoms with E-state index in [1.165, 1.54) is 12.1 Å². The number of hydrogen-bond acceptors (Lipinski definition) is 2. The highest BCUT2D eigenvalue weighted by atomic mass is 19.4. The molecule has 3 nitrogen and oxygen atoms in total. The van der Waals surface area contributed by atoms with E-state index in [1.807, 2.05) is 6.92 Å². The largest absolute Gasteiger partial charge is 0.416 e. The highest BCUT2D eigenvalue weighted by Gasteiger charge is 2.30. The van der Waals surface area contributed by atoms with Crippen molar-refractivity contribution >= 4 is 5.91 Å². The number of benzene rings is 1. The molecular formula is C17H25F3N2O. The van der Waals surface area contributed by atoms with Gasteiger partial charge < -0.3 is 10.2 Å². The van der Waals surface area contributed by atoms with E-state index in [0.717, 1.165) is 44.6 Å². The Hall–Kier alpha value is -1.56. The van der Waals surface area contributed by atoms with Crippen LogP contribution in [0.25, 0.3) is 0 Å². The Bertz CT molecular complexity index is 482. The Morgan fingerprint density at radius 2 is 1.74 bits per heavy atom. The standard InChI is InChI=1S/C17H25F3N2O/c1-4-22(5-2)12-6-7-13(3)21-16(23)14-8-10-15(11-9-14)17(18,19)20/h8-11,13H,4-7,12H2,1-3H3,(H,21,23)/t13-/m1/s1. The van der Waals surface area contributed by atoms with E-state index in [-0.39, 0.29) is 17.5 Å². The van der Waals surface area contributed by atoms with Gasteiger partial charge in [-0.15, -0.1) is 0 Å². The molecule has 23 heavy (non-hydrogen) atoms. The van der Waals surface area contributed by atoms with Gasteiger partial charge in [-0.2, -0.15) is 13.2 Å². The summed E-state index contributed by atoms with van der Waals surface area (Å²) in [5.74, 6) is -0.339. The first-order valence-corrected chi connectivity index (χ1v) is 7.98. The molecule has 0 aliphatic rings. The van der Waals surface area contributed by atoms with Crippen molar-refractivity contribution in [3.8, 4) is 0 Å². The minimum atomic E-state index is -4.38. The van der Waals surface area contributed by atoms with Crippen LogP contribution in [-0.4, -0.2) is 36.5 Å². The maximum Gasteiger partial charge on any atom is 0.416 e. The van der Waals surface area contributed by atoms with Crippen LogP contribution in [0.1, 0.15) is 49.5 Å². The molecule has 0 fully saturated rings. The fraction of sp³-hybridized carbons (Fsp3) is 0.588. The average molecular weight is 330 g/mol. The van der Waals surface area contributed by atoms with Gasteiger partial charge in [0.2, 0.25) is 0 Å². The molecule has 6 heteroatoms. The lowest BCUT2D eigenvalue weighted by Gasteiger charge is -2.19. The predicted octanol–water partition coefficient (Wildman–Crippen LogP) is 3.95. The minimum absolute atomic E-state index is 0.0136. The molecule has 0 saturated carbocycles. The Morgan fingerprint density at radius 3 is 2.22 bits per heavy atom. The van der Waals surface area contributed by atoms with Crippen LogP contribution >= 0.6 is 0 Å². The first kappa shape index (κ1) is 19.5. The Morgan fingerprint density at radius 1 is 1.17 bits per heavy atom. The Balaban J connectivity index is 2.46. The van der Waals surface area contributed by atoms with Gasteiger partial charge in [0.15, 0.2) is 0 Å². The third-order valence-electron chi connectivity index (χ3n) is 3.86. The number of amides is 1. The first-order chi connectivity index (χ1) is 10.8. The van der Waals surface area contributed by atoms with E-state index < -0.39 is 11.7 Å². The molecule has 1 N–H and O–H groups in total. The lowest BCUT2D eigenvalue weighted by molar-refractivity contribution is -0.137. The van der Waals surface area contributed by atoms with E-state index in [2.05, 4.69) is 24.1 Å². The van der Waals surface area contributed by atoms with Crippen molar-refractivity contribution in [2.75, 3.05) is 19.6 Å². The van der Waals surface area contributed by atoms with E-state index >= 15 is 0 Å². The van der Waals surface area contributed by atoms with Crippen LogP contribution in [0.3, 0.4) is 0 Å². The number of carbonyl (C=O) groups is 1. The van der Waals surface area contributed by atoms with Crippen molar-refractivity contribution in [3.05, 3.63) is 35.4 Å². The van der Waals surface area contributed by atoms with E-state index in [1.54, 1.807) is 0 Å². The molecule has 1 rings (SSSR count). The second kappa shape index (κ2) is 8.91. The summed E-state index contributed by atoms with van der Waals surface area (Å²) in [5, 5.41) is 2.83. The summed E-state index contributed by atoms with van der Waals surface area (Å²) in [5.41, 5.74) is -0.505. The molecule has 0 aromatic heterocycles. The third kappa shape index (κ3) is 6.60. The van der Waals surface area contributed by atoms with Gasteiger partial charge in [-0.3, -0.25) is 4.79 Å². The lowest BCUT2D eigenvalue weighted by Crippen LogP contribution is -2.33. The monoisotopic (exact) mass is 330 g/mol. The van der Waals surface area contributed by atoms with Gasteiger partial charge in [0.05, 0.1) is 5.56 Å². The molecule has 1 aromatic carbocycles. The van der Waals surface area contributed by atoms with E-state index in [0.29, 0.717) is 0 Å². The zero-order chi connectivity index (χ0) is 17.5. The van der Waals surface area contributed by atoms with Gasteiger partial charge in [0.1, 0.15) is 0 Å². The Labute approximate surface area is 135 Å². The van der Waals surface area contributed by atoms with Crippen molar-refractivity contribution in [2.24, 2.45) is 0 Å². The summed E-state index contributed by atoms with van der Waals surface area (Å²) >= 11 is 0. The van der Waals surface area contributed by atoms with Gasteiger partial charge in [-0.05, 0) is 63.7 Å². The number of carbonyl (C=O) groups excluding carboxylic acids is 1. The zero-order valence-corrected chi connectivity index (χ0v) is 13.9. The van der Waals surface area contributed by atoms with Crippen molar-refractivity contribution < 1.29 is 18.0 Å². The topological polar surface area (TPSA) is 32.3 Å². The third-order valence-corrected chi connectivity index (χ3v) is 3.86. The van der Waals surface area contributed by atoms with Crippen molar-refractivity contribution in [3.63, 3.8) is 0 Å². The SMILES string of the molecule is CCN(CC)CCC[C@@H](C)NC(=O)c1ccc(C(F)(F)F)cc1. The molecule has 0 unspecified atom stereocenters. The molecular weight excluding hydrogens is 305 g/mol. The highest BCUT2D eigenvalue weighted by Crippen LogP contribution is 2.29. The molecule has 130 valence electrons. The van der Waals surface area contributed by atoms with E-state index in [9.17, 15) is 18.0 Å². The summed E-state index contributed by atoms with van der Waals surface area (Å²) < 4.78 is 37.5. The number of nitrogens with one attached hydrogen (secondary N) is 1. The maximum atomic E-state index is 12.5. The summed E-state index contributed by atoms with van der Waals surface area (Å²) in [4.78, 5) is 14.3. The molecule has 0 spiro atoms. The maximum absolute atomic E-state index is 12.5. The normalized spacial score (nSPS) is 13.2. The van der Waals surface area contributed by atoms with Crippen LogP contribution in [0, 0.1) is 0 Å². The number of hydrogen-bond donors (Lipinski definition) is 1. The highest BCUT2D eigenvalue weighted by molar-refractivity contribution is 5.94. The minimum Gasteiger partial charge on any atom is -0.350 e. The summed E-state index contributed by atoms with van der Waals surface area (Å²) in [6, 6.07) is 4.27. The second-order valence-electron chi connectivity index (χ2n) is 5.62.